The predicted molar refractivity (Wildman–Crippen MR) is 242 cm³/mol. The molecule has 0 atom stereocenters. The molecule has 0 radical (unpaired) electrons. The molecule has 18 heteroatoms. The van der Waals surface area contributed by atoms with Crippen molar-refractivity contribution < 1.29 is 32.9 Å². The average Bonchev–Trinajstić information content (AvgIpc) is 3.28. The third kappa shape index (κ3) is 10.8. The summed E-state index contributed by atoms with van der Waals surface area (Å²) < 4.78 is 38.0. The average molecular weight is 941 g/mol. The highest BCUT2D eigenvalue weighted by Crippen LogP contribution is 2.31. The molecule has 1 saturated carbocycles. The number of carbonyl (C=O) groups excluding carboxylic acids is 2. The van der Waals surface area contributed by atoms with E-state index in [0.29, 0.717) is 104 Å². The van der Waals surface area contributed by atoms with Crippen LogP contribution in [0, 0.1) is 17.1 Å². The van der Waals surface area contributed by atoms with Crippen molar-refractivity contribution >= 4 is 50.3 Å². The number of rotatable bonds is 9. The van der Waals surface area contributed by atoms with Gasteiger partial charge in [0.2, 0.25) is 0 Å². The number of amides is 2. The second kappa shape index (κ2) is 19.9. The number of fused-ring (bicyclic) bond motifs is 1. The Kier molecular flexibility index (Phi) is 14.2. The number of hydrogen-bond donors (Lipinski definition) is 1. The molecule has 16 nitrogen and oxygen atoms in total. The van der Waals surface area contributed by atoms with Crippen molar-refractivity contribution in [2.24, 2.45) is 0 Å². The smallest absolute Gasteiger partial charge is 0.410 e. The van der Waals surface area contributed by atoms with E-state index in [-0.39, 0.29) is 23.3 Å². The van der Waals surface area contributed by atoms with Gasteiger partial charge in [-0.3, -0.25) is 9.59 Å². The Morgan fingerprint density at radius 1 is 0.859 bits per heavy atom. The first-order valence-electron chi connectivity index (χ1n) is 21.1. The van der Waals surface area contributed by atoms with Gasteiger partial charge in [-0.25, -0.2) is 24.3 Å². The molecule has 0 unspecified atom stereocenters. The van der Waals surface area contributed by atoms with Crippen LogP contribution in [-0.2, 0) is 11.2 Å². The molecule has 2 aromatic carbocycles. The van der Waals surface area contributed by atoms with E-state index in [4.69, 9.17) is 24.2 Å². The molecule has 5 aromatic rings. The lowest BCUT2D eigenvalue weighted by molar-refractivity contribution is 0.0240. The van der Waals surface area contributed by atoms with E-state index < -0.39 is 17.3 Å². The number of hydrogen-bond acceptors (Lipinski definition) is 13. The first-order valence-corrected chi connectivity index (χ1v) is 21.9. The van der Waals surface area contributed by atoms with Gasteiger partial charge in [-0.1, -0.05) is 6.07 Å². The standard InChI is InChI=1S/C31H29FN6O4.C15H22BrN3O3/c1-41-28-15-20(17-33)18-34-29(28)37-9-11-38(12-10-37)31(40)25-13-19(5-8-26(25)32)14-27-24-16-22(42-21-3-2-4-21)6-7-23(24)30(39)36-35-27;1-15(2,3)22-14(20)19-7-5-18(6-8-19)13-12(21-4)9-11(16)10-17-13/h5-8,13,15-16,18,21H,2-4,9-12,14H2,1H3,(H,36,39);9-10H,5-8H2,1-4H3. The molecule has 8 rings (SSSR count). The van der Waals surface area contributed by atoms with Gasteiger partial charge in [-0.05, 0) is 97.9 Å². The SMILES string of the molecule is COc1cc(Br)cnc1N1CCN(C(=O)OC(C)(C)C)CC1.COc1cc(C#N)cnc1N1CCN(C(=O)c2cc(Cc3n[nH]c(=O)c4ccc(OC5CCC5)cc34)ccc2F)CC1. The van der Waals surface area contributed by atoms with Gasteiger partial charge in [0.15, 0.2) is 23.1 Å². The number of piperazine rings is 2. The summed E-state index contributed by atoms with van der Waals surface area (Å²) in [5.41, 5.74) is 0.907. The molecule has 2 amide bonds. The number of aromatic nitrogens is 4. The summed E-state index contributed by atoms with van der Waals surface area (Å²) in [4.78, 5) is 54.2. The molecule has 1 aliphatic carbocycles. The zero-order chi connectivity index (χ0) is 45.5. The summed E-state index contributed by atoms with van der Waals surface area (Å²) in [6, 6.07) is 15.4. The minimum Gasteiger partial charge on any atom is -0.493 e. The van der Waals surface area contributed by atoms with Crippen LogP contribution in [0.2, 0.25) is 0 Å². The Balaban J connectivity index is 0.000000235. The van der Waals surface area contributed by atoms with E-state index in [0.717, 1.165) is 35.3 Å². The fourth-order valence-corrected chi connectivity index (χ4v) is 7.84. The van der Waals surface area contributed by atoms with Crippen molar-refractivity contribution in [3.63, 3.8) is 0 Å². The number of anilines is 2. The summed E-state index contributed by atoms with van der Waals surface area (Å²) >= 11 is 3.39. The molecule has 1 N–H and O–H groups in total. The van der Waals surface area contributed by atoms with E-state index in [2.05, 4.69) is 41.0 Å². The van der Waals surface area contributed by atoms with Gasteiger partial charge in [0.05, 0.1) is 42.5 Å². The molecule has 336 valence electrons. The Hall–Kier alpha value is -6.48. The van der Waals surface area contributed by atoms with Crippen molar-refractivity contribution in [2.75, 3.05) is 76.4 Å². The summed E-state index contributed by atoms with van der Waals surface area (Å²) in [6.07, 6.45) is 6.63. The number of aromatic amines is 1. The summed E-state index contributed by atoms with van der Waals surface area (Å²) in [6.45, 7) is 9.90. The van der Waals surface area contributed by atoms with E-state index in [9.17, 15) is 18.8 Å². The molecule has 2 saturated heterocycles. The predicted octanol–water partition coefficient (Wildman–Crippen LogP) is 6.73. The number of methoxy groups -OCH3 is 2. The highest BCUT2D eigenvalue weighted by atomic mass is 79.9. The Bertz CT molecular complexity index is 2600. The van der Waals surface area contributed by atoms with Crippen LogP contribution in [0.25, 0.3) is 10.8 Å². The van der Waals surface area contributed by atoms with Gasteiger partial charge in [0, 0.05) is 87.1 Å². The summed E-state index contributed by atoms with van der Waals surface area (Å²) in [5.74, 6) is 2.29. The van der Waals surface area contributed by atoms with Crippen LogP contribution in [0.3, 0.4) is 0 Å². The number of H-pyrrole nitrogens is 1. The van der Waals surface area contributed by atoms with Crippen LogP contribution in [-0.4, -0.2) is 120 Å². The van der Waals surface area contributed by atoms with Gasteiger partial charge in [-0.15, -0.1) is 0 Å². The number of ether oxygens (including phenoxy) is 4. The highest BCUT2D eigenvalue weighted by molar-refractivity contribution is 9.10. The molecule has 3 aromatic heterocycles. The lowest BCUT2D eigenvalue weighted by Gasteiger charge is -2.36. The minimum atomic E-state index is -0.600. The van der Waals surface area contributed by atoms with Gasteiger partial charge in [-0.2, -0.15) is 10.4 Å². The van der Waals surface area contributed by atoms with Crippen molar-refractivity contribution in [1.29, 1.82) is 5.26 Å². The van der Waals surface area contributed by atoms with E-state index >= 15 is 0 Å². The van der Waals surface area contributed by atoms with Crippen LogP contribution in [0.4, 0.5) is 20.8 Å². The lowest BCUT2D eigenvalue weighted by Crippen LogP contribution is -2.50. The van der Waals surface area contributed by atoms with Crippen LogP contribution in [0.5, 0.6) is 17.2 Å². The van der Waals surface area contributed by atoms with Crippen LogP contribution in [0.15, 0.2) is 70.2 Å². The quantitative estimate of drug-likeness (QED) is 0.165. The maximum Gasteiger partial charge on any atom is 0.410 e. The van der Waals surface area contributed by atoms with Crippen molar-refractivity contribution in [3.8, 4) is 23.3 Å². The molecular weight excluding hydrogens is 889 g/mol. The first kappa shape index (κ1) is 45.5. The zero-order valence-electron chi connectivity index (χ0n) is 36.5. The molecule has 3 fully saturated rings. The van der Waals surface area contributed by atoms with Crippen LogP contribution in [0.1, 0.15) is 67.2 Å². The minimum absolute atomic E-state index is 0.0160. The van der Waals surface area contributed by atoms with Crippen LogP contribution < -0.4 is 29.6 Å². The van der Waals surface area contributed by atoms with Gasteiger partial charge < -0.3 is 38.5 Å². The van der Waals surface area contributed by atoms with Crippen molar-refractivity contribution in [2.45, 2.75) is 58.2 Å². The van der Waals surface area contributed by atoms with E-state index in [1.54, 1.807) is 53.4 Å². The fraction of sp³-hybridized carbons (Fsp3) is 0.413. The van der Waals surface area contributed by atoms with Crippen LogP contribution >= 0.6 is 15.9 Å². The van der Waals surface area contributed by atoms with Crippen molar-refractivity contribution in [1.82, 2.24) is 30.0 Å². The maximum absolute atomic E-state index is 15.0. The van der Waals surface area contributed by atoms with Crippen molar-refractivity contribution in [3.05, 3.63) is 104 Å². The van der Waals surface area contributed by atoms with E-state index in [1.807, 2.05) is 43.9 Å². The van der Waals surface area contributed by atoms with Gasteiger partial charge in [0.25, 0.3) is 11.5 Å². The number of nitrogens with one attached hydrogen (secondary N) is 1. The molecule has 5 heterocycles. The van der Waals surface area contributed by atoms with E-state index in [1.165, 1.54) is 19.4 Å². The largest absolute Gasteiger partial charge is 0.493 e. The summed E-state index contributed by atoms with van der Waals surface area (Å²) in [5, 5.41) is 17.1. The Labute approximate surface area is 379 Å². The fourth-order valence-electron chi connectivity index (χ4n) is 7.53. The first-order chi connectivity index (χ1) is 30.7. The third-order valence-electron chi connectivity index (χ3n) is 11.1. The number of benzene rings is 2. The zero-order valence-corrected chi connectivity index (χ0v) is 38.1. The number of nitrogens with zero attached hydrogens (tertiary/aromatic N) is 8. The molecule has 64 heavy (non-hydrogen) atoms. The number of halogens is 2. The molecule has 0 spiro atoms. The monoisotopic (exact) mass is 939 g/mol. The second-order valence-electron chi connectivity index (χ2n) is 16.6. The number of nitriles is 1. The molecular formula is C46H51BrFN9O7. The molecule has 2 aliphatic heterocycles. The number of carbonyl (C=O) groups is 2. The van der Waals surface area contributed by atoms with Gasteiger partial charge in [0.1, 0.15) is 23.2 Å². The highest BCUT2D eigenvalue weighted by Gasteiger charge is 2.29. The Morgan fingerprint density at radius 2 is 1.50 bits per heavy atom. The Morgan fingerprint density at radius 3 is 2.11 bits per heavy atom. The number of pyridine rings is 2. The topological polar surface area (TPSA) is 179 Å². The molecule has 0 bridgehead atoms. The lowest BCUT2D eigenvalue weighted by atomic mass is 9.96. The normalized spacial score (nSPS) is 15.4. The maximum atomic E-state index is 15.0. The van der Waals surface area contributed by atoms with Gasteiger partial charge >= 0.3 is 6.09 Å². The third-order valence-corrected chi connectivity index (χ3v) is 11.6. The summed E-state index contributed by atoms with van der Waals surface area (Å²) in [7, 11) is 3.15. The second-order valence-corrected chi connectivity index (χ2v) is 17.6. The molecule has 3 aliphatic rings.